The summed E-state index contributed by atoms with van der Waals surface area (Å²) in [5.41, 5.74) is 0.222. The summed E-state index contributed by atoms with van der Waals surface area (Å²) < 4.78 is 20.9. The van der Waals surface area contributed by atoms with Crippen molar-refractivity contribution in [2.75, 3.05) is 28.4 Å². The summed E-state index contributed by atoms with van der Waals surface area (Å²) in [5, 5.41) is 19.0. The Morgan fingerprint density at radius 3 is 1.73 bits per heavy atom. The van der Waals surface area contributed by atoms with Gasteiger partial charge in [-0.05, 0) is 24.3 Å². The minimum absolute atomic E-state index is 0.0222. The number of carboxylic acids is 2. The Morgan fingerprint density at radius 2 is 1.27 bits per heavy atom. The molecule has 0 fully saturated rings. The number of aromatic carboxylic acids is 2. The Morgan fingerprint density at radius 1 is 0.692 bits per heavy atom. The molecular formula is C18H18O8. The SMILES string of the molecule is COc1ccc(-c2cc(C(=O)O)c(OC)c(OC)c2OC)c(C(=O)O)c1. The molecule has 2 rings (SSSR count). The van der Waals surface area contributed by atoms with Gasteiger partial charge in [-0.15, -0.1) is 0 Å². The van der Waals surface area contributed by atoms with E-state index in [9.17, 15) is 19.8 Å². The maximum Gasteiger partial charge on any atom is 0.339 e. The molecule has 2 aromatic rings. The first-order valence-corrected chi connectivity index (χ1v) is 7.37. The van der Waals surface area contributed by atoms with E-state index in [1.807, 2.05) is 0 Å². The fraction of sp³-hybridized carbons (Fsp3) is 0.222. The molecule has 0 atom stereocenters. The zero-order chi connectivity index (χ0) is 19.4. The molecule has 0 aromatic heterocycles. The molecule has 0 aliphatic carbocycles. The fourth-order valence-electron chi connectivity index (χ4n) is 2.63. The van der Waals surface area contributed by atoms with Gasteiger partial charge < -0.3 is 29.2 Å². The van der Waals surface area contributed by atoms with Crippen molar-refractivity contribution < 1.29 is 38.7 Å². The van der Waals surface area contributed by atoms with Gasteiger partial charge in [0.2, 0.25) is 5.75 Å². The zero-order valence-corrected chi connectivity index (χ0v) is 14.7. The molecule has 0 saturated heterocycles. The Balaban J connectivity index is 2.92. The van der Waals surface area contributed by atoms with E-state index in [0.29, 0.717) is 5.75 Å². The summed E-state index contributed by atoms with van der Waals surface area (Å²) in [4.78, 5) is 23.3. The summed E-state index contributed by atoms with van der Waals surface area (Å²) in [6.07, 6.45) is 0. The molecular weight excluding hydrogens is 344 g/mol. The van der Waals surface area contributed by atoms with Crippen LogP contribution >= 0.6 is 0 Å². The van der Waals surface area contributed by atoms with Gasteiger partial charge in [0.05, 0.1) is 34.0 Å². The number of hydrogen-bond donors (Lipinski definition) is 2. The second-order valence-corrected chi connectivity index (χ2v) is 5.09. The van der Waals surface area contributed by atoms with Crippen molar-refractivity contribution in [2.24, 2.45) is 0 Å². The summed E-state index contributed by atoms with van der Waals surface area (Å²) in [5.74, 6) is -1.92. The van der Waals surface area contributed by atoms with Gasteiger partial charge in [-0.2, -0.15) is 0 Å². The third-order valence-corrected chi connectivity index (χ3v) is 3.78. The first kappa shape index (κ1) is 18.9. The highest BCUT2D eigenvalue weighted by atomic mass is 16.5. The third kappa shape index (κ3) is 3.21. The van der Waals surface area contributed by atoms with Crippen molar-refractivity contribution in [3.8, 4) is 34.1 Å². The highest BCUT2D eigenvalue weighted by Gasteiger charge is 2.27. The van der Waals surface area contributed by atoms with E-state index in [4.69, 9.17) is 18.9 Å². The molecule has 0 radical (unpaired) electrons. The van der Waals surface area contributed by atoms with Gasteiger partial charge in [-0.25, -0.2) is 9.59 Å². The lowest BCUT2D eigenvalue weighted by Crippen LogP contribution is -2.07. The number of rotatable bonds is 7. The molecule has 0 unspecified atom stereocenters. The number of carboxylic acid groups (broad SMARTS) is 2. The largest absolute Gasteiger partial charge is 0.497 e. The monoisotopic (exact) mass is 362 g/mol. The molecule has 0 spiro atoms. The second-order valence-electron chi connectivity index (χ2n) is 5.09. The van der Waals surface area contributed by atoms with Crippen molar-refractivity contribution in [1.82, 2.24) is 0 Å². The van der Waals surface area contributed by atoms with Crippen LogP contribution in [0.3, 0.4) is 0 Å². The zero-order valence-electron chi connectivity index (χ0n) is 14.7. The van der Waals surface area contributed by atoms with Crippen LogP contribution in [0.5, 0.6) is 23.0 Å². The molecule has 2 aromatic carbocycles. The van der Waals surface area contributed by atoms with E-state index in [0.717, 1.165) is 0 Å². The van der Waals surface area contributed by atoms with Crippen molar-refractivity contribution in [1.29, 1.82) is 0 Å². The molecule has 8 heteroatoms. The standard InChI is InChI=1S/C18H18O8/c1-23-9-5-6-10(12(7-9)17(19)20)11-8-13(18(21)22)15(25-3)16(26-4)14(11)24-2/h5-8H,1-4H3,(H,19,20)(H,21,22). The van der Waals surface area contributed by atoms with Gasteiger partial charge in [0, 0.05) is 11.1 Å². The average Bonchev–Trinajstić information content (AvgIpc) is 2.65. The van der Waals surface area contributed by atoms with Crippen LogP contribution in [-0.2, 0) is 0 Å². The van der Waals surface area contributed by atoms with Crippen molar-refractivity contribution >= 4 is 11.9 Å². The van der Waals surface area contributed by atoms with E-state index >= 15 is 0 Å². The van der Waals surface area contributed by atoms with Crippen molar-refractivity contribution in [2.45, 2.75) is 0 Å². The molecule has 8 nitrogen and oxygen atoms in total. The van der Waals surface area contributed by atoms with Crippen LogP contribution in [0.25, 0.3) is 11.1 Å². The average molecular weight is 362 g/mol. The Kier molecular flexibility index (Phi) is 5.56. The molecule has 0 bridgehead atoms. The highest BCUT2D eigenvalue weighted by molar-refractivity contribution is 6.01. The van der Waals surface area contributed by atoms with E-state index in [2.05, 4.69) is 0 Å². The predicted octanol–water partition coefficient (Wildman–Crippen LogP) is 2.78. The molecule has 0 amide bonds. The topological polar surface area (TPSA) is 112 Å². The van der Waals surface area contributed by atoms with Crippen LogP contribution in [0.4, 0.5) is 0 Å². The minimum atomic E-state index is -1.26. The first-order valence-electron chi connectivity index (χ1n) is 7.37. The van der Waals surface area contributed by atoms with E-state index in [1.54, 1.807) is 6.07 Å². The number of hydrogen-bond acceptors (Lipinski definition) is 6. The lowest BCUT2D eigenvalue weighted by atomic mass is 9.95. The van der Waals surface area contributed by atoms with E-state index < -0.39 is 11.9 Å². The Labute approximate surface area is 149 Å². The van der Waals surface area contributed by atoms with E-state index in [1.165, 1.54) is 46.6 Å². The Hall–Kier alpha value is -3.42. The number of carbonyl (C=O) groups is 2. The van der Waals surface area contributed by atoms with Crippen LogP contribution in [0.1, 0.15) is 20.7 Å². The second kappa shape index (κ2) is 7.64. The summed E-state index contributed by atoms with van der Waals surface area (Å²) in [7, 11) is 5.42. The molecule has 0 saturated carbocycles. The minimum Gasteiger partial charge on any atom is -0.497 e. The summed E-state index contributed by atoms with van der Waals surface area (Å²) in [6.45, 7) is 0. The molecule has 0 heterocycles. The van der Waals surface area contributed by atoms with Crippen LogP contribution in [0, 0.1) is 0 Å². The molecule has 0 aliphatic rings. The van der Waals surface area contributed by atoms with Crippen molar-refractivity contribution in [3.05, 3.63) is 35.4 Å². The third-order valence-electron chi connectivity index (χ3n) is 3.78. The van der Waals surface area contributed by atoms with Gasteiger partial charge in [0.1, 0.15) is 11.3 Å². The van der Waals surface area contributed by atoms with Gasteiger partial charge in [-0.3, -0.25) is 0 Å². The van der Waals surface area contributed by atoms with Crippen LogP contribution < -0.4 is 18.9 Å². The summed E-state index contributed by atoms with van der Waals surface area (Å²) >= 11 is 0. The van der Waals surface area contributed by atoms with E-state index in [-0.39, 0.29) is 39.5 Å². The van der Waals surface area contributed by atoms with Crippen LogP contribution in [0.2, 0.25) is 0 Å². The van der Waals surface area contributed by atoms with Gasteiger partial charge >= 0.3 is 11.9 Å². The van der Waals surface area contributed by atoms with Gasteiger partial charge in [0.15, 0.2) is 11.5 Å². The van der Waals surface area contributed by atoms with Crippen molar-refractivity contribution in [3.63, 3.8) is 0 Å². The lowest BCUT2D eigenvalue weighted by molar-refractivity contribution is 0.0684. The molecule has 2 N–H and O–H groups in total. The Bertz CT molecular complexity index is 857. The molecule has 138 valence electrons. The number of benzene rings is 2. The maximum absolute atomic E-state index is 11.7. The van der Waals surface area contributed by atoms with Crippen LogP contribution in [-0.4, -0.2) is 50.6 Å². The van der Waals surface area contributed by atoms with Crippen LogP contribution in [0.15, 0.2) is 24.3 Å². The fourth-order valence-corrected chi connectivity index (χ4v) is 2.63. The smallest absolute Gasteiger partial charge is 0.339 e. The highest BCUT2D eigenvalue weighted by Crippen LogP contribution is 2.47. The first-order chi connectivity index (χ1) is 12.4. The number of ether oxygens (including phenoxy) is 4. The molecule has 26 heavy (non-hydrogen) atoms. The number of methoxy groups -OCH3 is 4. The van der Waals surface area contributed by atoms with Gasteiger partial charge in [-0.1, -0.05) is 0 Å². The normalized spacial score (nSPS) is 10.2. The summed E-state index contributed by atoms with van der Waals surface area (Å²) in [6, 6.07) is 5.71. The lowest BCUT2D eigenvalue weighted by Gasteiger charge is -2.19. The predicted molar refractivity (Wildman–Crippen MR) is 92.0 cm³/mol. The van der Waals surface area contributed by atoms with Gasteiger partial charge in [0.25, 0.3) is 0 Å². The maximum atomic E-state index is 11.7. The quantitative estimate of drug-likeness (QED) is 0.773. The molecule has 0 aliphatic heterocycles.